The number of nitrogens with one attached hydrogen (secondary N) is 1. The maximum atomic E-state index is 12.3. The topological polar surface area (TPSA) is 75.6 Å². The Kier molecular flexibility index (Phi) is 6.21. The van der Waals surface area contributed by atoms with Gasteiger partial charge in [0.1, 0.15) is 11.3 Å². The van der Waals surface area contributed by atoms with E-state index in [1.165, 1.54) is 6.92 Å². The van der Waals surface area contributed by atoms with Crippen molar-refractivity contribution in [3.05, 3.63) is 30.3 Å². The van der Waals surface area contributed by atoms with Crippen LogP contribution in [0.3, 0.4) is 0 Å². The summed E-state index contributed by atoms with van der Waals surface area (Å²) in [6.07, 6.45) is 0.792. The molecule has 0 saturated carbocycles. The van der Waals surface area contributed by atoms with Gasteiger partial charge in [-0.25, -0.2) is 4.79 Å². The number of hydrogen-bond acceptors (Lipinski definition) is 3. The summed E-state index contributed by atoms with van der Waals surface area (Å²) in [7, 11) is 0. The van der Waals surface area contributed by atoms with E-state index >= 15 is 0 Å². The molecule has 21 heavy (non-hydrogen) atoms. The van der Waals surface area contributed by atoms with Crippen LogP contribution in [-0.2, 0) is 9.59 Å². The van der Waals surface area contributed by atoms with Crippen molar-refractivity contribution in [2.24, 2.45) is 0 Å². The summed E-state index contributed by atoms with van der Waals surface area (Å²) in [4.78, 5) is 23.6. The van der Waals surface area contributed by atoms with Crippen molar-refractivity contribution in [1.29, 1.82) is 0 Å². The van der Waals surface area contributed by atoms with Crippen LogP contribution in [0.15, 0.2) is 30.3 Å². The molecule has 0 fully saturated rings. The number of carboxylic acids is 1. The predicted octanol–water partition coefficient (Wildman–Crippen LogP) is 2.60. The van der Waals surface area contributed by atoms with E-state index in [2.05, 4.69) is 5.32 Å². The average Bonchev–Trinajstić information content (AvgIpc) is 2.45. The molecule has 2 atom stereocenters. The quantitative estimate of drug-likeness (QED) is 0.772. The molecule has 1 rings (SSSR count). The van der Waals surface area contributed by atoms with Gasteiger partial charge in [-0.15, -0.1) is 0 Å². The Morgan fingerprint density at radius 1 is 1.29 bits per heavy atom. The molecule has 0 aliphatic rings. The second-order valence-electron chi connectivity index (χ2n) is 5.20. The van der Waals surface area contributed by atoms with E-state index < -0.39 is 23.5 Å². The van der Waals surface area contributed by atoms with Gasteiger partial charge in [-0.05, 0) is 31.9 Å². The summed E-state index contributed by atoms with van der Waals surface area (Å²) in [6, 6.07) is 9.02. The minimum Gasteiger partial charge on any atom is -0.481 e. The lowest BCUT2D eigenvalue weighted by Crippen LogP contribution is -2.55. The fourth-order valence-corrected chi connectivity index (χ4v) is 2.06. The molecule has 0 heterocycles. The minimum atomic E-state index is -1.26. The van der Waals surface area contributed by atoms with Crippen molar-refractivity contribution in [3.63, 3.8) is 0 Å². The molecule has 2 N–H and O–H groups in total. The predicted molar refractivity (Wildman–Crippen MR) is 80.2 cm³/mol. The Morgan fingerprint density at radius 3 is 2.38 bits per heavy atom. The highest BCUT2D eigenvalue weighted by atomic mass is 16.5. The van der Waals surface area contributed by atoms with Crippen LogP contribution in [0.4, 0.5) is 0 Å². The molecule has 2 unspecified atom stereocenters. The van der Waals surface area contributed by atoms with Gasteiger partial charge in [0.2, 0.25) is 0 Å². The van der Waals surface area contributed by atoms with Gasteiger partial charge in [-0.2, -0.15) is 0 Å². The van der Waals surface area contributed by atoms with Crippen LogP contribution < -0.4 is 10.1 Å². The number of hydrogen-bond donors (Lipinski definition) is 2. The summed E-state index contributed by atoms with van der Waals surface area (Å²) in [6.45, 7) is 5.22. The first-order valence-electron chi connectivity index (χ1n) is 7.20. The number of aliphatic carboxylic acids is 1. The summed E-state index contributed by atoms with van der Waals surface area (Å²) in [5.74, 6) is -0.848. The monoisotopic (exact) mass is 293 g/mol. The van der Waals surface area contributed by atoms with Gasteiger partial charge in [0.25, 0.3) is 5.91 Å². The van der Waals surface area contributed by atoms with E-state index in [1.54, 1.807) is 12.1 Å². The molecular weight excluding hydrogens is 270 g/mol. The van der Waals surface area contributed by atoms with E-state index in [-0.39, 0.29) is 0 Å². The highest BCUT2D eigenvalue weighted by Crippen LogP contribution is 2.16. The van der Waals surface area contributed by atoms with Crippen LogP contribution in [0.1, 0.15) is 40.0 Å². The number of carbonyl (C=O) groups is 2. The summed E-state index contributed by atoms with van der Waals surface area (Å²) in [5.41, 5.74) is -1.26. The molecule has 0 aliphatic heterocycles. The second kappa shape index (κ2) is 7.67. The number of para-hydroxylation sites is 1. The number of ether oxygens (including phenoxy) is 1. The Hall–Kier alpha value is -2.04. The van der Waals surface area contributed by atoms with Crippen LogP contribution in [0, 0.1) is 0 Å². The maximum absolute atomic E-state index is 12.3. The molecule has 5 heteroatoms. The number of carboxylic acid groups (broad SMARTS) is 1. The molecule has 0 spiro atoms. The van der Waals surface area contributed by atoms with E-state index in [9.17, 15) is 14.7 Å². The van der Waals surface area contributed by atoms with Gasteiger partial charge in [0, 0.05) is 0 Å². The largest absolute Gasteiger partial charge is 0.481 e. The summed E-state index contributed by atoms with van der Waals surface area (Å²) >= 11 is 0. The van der Waals surface area contributed by atoms with Crippen molar-refractivity contribution in [2.45, 2.75) is 51.7 Å². The normalized spacial score (nSPS) is 14.8. The Balaban J connectivity index is 2.76. The van der Waals surface area contributed by atoms with Gasteiger partial charge in [-0.1, -0.05) is 38.5 Å². The van der Waals surface area contributed by atoms with E-state index in [0.717, 1.165) is 0 Å². The van der Waals surface area contributed by atoms with Crippen molar-refractivity contribution in [3.8, 4) is 5.75 Å². The zero-order chi connectivity index (χ0) is 15.9. The Labute approximate surface area is 125 Å². The molecular formula is C16H23NO4. The van der Waals surface area contributed by atoms with Crippen molar-refractivity contribution >= 4 is 11.9 Å². The molecule has 0 bridgehead atoms. The number of benzene rings is 1. The fraction of sp³-hybridized carbons (Fsp3) is 0.500. The molecule has 0 aromatic heterocycles. The van der Waals surface area contributed by atoms with Crippen LogP contribution in [0.2, 0.25) is 0 Å². The lowest BCUT2D eigenvalue weighted by Gasteiger charge is -2.28. The standard InChI is InChI=1S/C16H23NO4/c1-4-11-16(3,15(19)20)17-14(18)13(5-2)21-12-9-7-6-8-10-12/h6-10,13H,4-5,11H2,1-3H3,(H,17,18)(H,19,20). The third kappa shape index (κ3) is 4.77. The molecule has 116 valence electrons. The minimum absolute atomic E-state index is 0.371. The van der Waals surface area contributed by atoms with Crippen LogP contribution in [0.5, 0.6) is 5.75 Å². The smallest absolute Gasteiger partial charge is 0.329 e. The molecule has 0 saturated heterocycles. The van der Waals surface area contributed by atoms with Crippen LogP contribution in [-0.4, -0.2) is 28.6 Å². The lowest BCUT2D eigenvalue weighted by atomic mass is 9.96. The van der Waals surface area contributed by atoms with Crippen molar-refractivity contribution in [1.82, 2.24) is 5.32 Å². The third-order valence-corrected chi connectivity index (χ3v) is 3.31. The Morgan fingerprint density at radius 2 is 1.90 bits per heavy atom. The highest BCUT2D eigenvalue weighted by Gasteiger charge is 2.36. The lowest BCUT2D eigenvalue weighted by molar-refractivity contribution is -0.148. The first-order chi connectivity index (χ1) is 9.92. The van der Waals surface area contributed by atoms with E-state index in [1.807, 2.05) is 32.0 Å². The fourth-order valence-electron chi connectivity index (χ4n) is 2.06. The highest BCUT2D eigenvalue weighted by molar-refractivity contribution is 5.89. The SMILES string of the molecule is CCCC(C)(NC(=O)C(CC)Oc1ccccc1)C(=O)O. The Bertz CT molecular complexity index is 474. The van der Waals surface area contributed by atoms with Gasteiger partial charge < -0.3 is 15.2 Å². The molecule has 1 amide bonds. The van der Waals surface area contributed by atoms with Crippen LogP contribution in [0.25, 0.3) is 0 Å². The molecule has 0 radical (unpaired) electrons. The first kappa shape index (κ1) is 17.0. The number of carbonyl (C=O) groups excluding carboxylic acids is 1. The zero-order valence-corrected chi connectivity index (χ0v) is 12.8. The molecule has 0 aliphatic carbocycles. The summed E-state index contributed by atoms with van der Waals surface area (Å²) < 4.78 is 5.62. The molecule has 1 aromatic carbocycles. The number of rotatable bonds is 8. The molecule has 5 nitrogen and oxygen atoms in total. The third-order valence-electron chi connectivity index (χ3n) is 3.31. The van der Waals surface area contributed by atoms with Gasteiger partial charge in [0.05, 0.1) is 0 Å². The van der Waals surface area contributed by atoms with Crippen LogP contribution >= 0.6 is 0 Å². The number of amides is 1. The van der Waals surface area contributed by atoms with Gasteiger partial charge in [0.15, 0.2) is 6.10 Å². The van der Waals surface area contributed by atoms with Crippen molar-refractivity contribution < 1.29 is 19.4 Å². The molecule has 1 aromatic rings. The second-order valence-corrected chi connectivity index (χ2v) is 5.20. The first-order valence-corrected chi connectivity index (χ1v) is 7.20. The summed E-state index contributed by atoms with van der Waals surface area (Å²) in [5, 5.41) is 11.9. The van der Waals surface area contributed by atoms with Crippen molar-refractivity contribution in [2.75, 3.05) is 0 Å². The van der Waals surface area contributed by atoms with Gasteiger partial charge >= 0.3 is 5.97 Å². The average molecular weight is 293 g/mol. The maximum Gasteiger partial charge on any atom is 0.329 e. The van der Waals surface area contributed by atoms with Gasteiger partial charge in [-0.3, -0.25) is 4.79 Å². The van der Waals surface area contributed by atoms with E-state index in [4.69, 9.17) is 4.74 Å². The zero-order valence-electron chi connectivity index (χ0n) is 12.8. The van der Waals surface area contributed by atoms with E-state index in [0.29, 0.717) is 25.0 Å².